The summed E-state index contributed by atoms with van der Waals surface area (Å²) in [6.07, 6.45) is 2.32. The molecular formula is C16H14FNO4S. The molecule has 1 aromatic heterocycles. The topological polar surface area (TPSA) is 76.4 Å². The van der Waals surface area contributed by atoms with Gasteiger partial charge >= 0.3 is 5.97 Å². The van der Waals surface area contributed by atoms with Gasteiger partial charge in [-0.25, -0.2) is 12.8 Å². The molecule has 2 aromatic rings. The maximum Gasteiger partial charge on any atom is 0.323 e. The summed E-state index contributed by atoms with van der Waals surface area (Å²) in [5.41, 5.74) is 2.50. The third kappa shape index (κ3) is 1.96. The van der Waals surface area contributed by atoms with Crippen LogP contribution in [-0.2, 0) is 21.2 Å². The number of nitrogens with zero attached hydrogens (tertiary/aromatic N) is 1. The predicted octanol–water partition coefficient (Wildman–Crippen LogP) is 2.34. The number of benzene rings is 1. The quantitative estimate of drug-likeness (QED) is 0.874. The van der Waals surface area contributed by atoms with Crippen LogP contribution in [0, 0.1) is 12.7 Å². The van der Waals surface area contributed by atoms with Crippen molar-refractivity contribution in [3.63, 3.8) is 0 Å². The van der Waals surface area contributed by atoms with Gasteiger partial charge in [-0.3, -0.25) is 4.79 Å². The van der Waals surface area contributed by atoms with E-state index in [1.807, 2.05) is 0 Å². The van der Waals surface area contributed by atoms with E-state index in [1.165, 1.54) is 22.8 Å². The van der Waals surface area contributed by atoms with E-state index in [2.05, 4.69) is 0 Å². The molecule has 2 atom stereocenters. The Morgan fingerprint density at radius 3 is 2.78 bits per heavy atom. The summed E-state index contributed by atoms with van der Waals surface area (Å²) < 4.78 is 40.4. The summed E-state index contributed by atoms with van der Waals surface area (Å²) >= 11 is 0. The lowest BCUT2D eigenvalue weighted by molar-refractivity contribution is -0.137. The van der Waals surface area contributed by atoms with Crippen molar-refractivity contribution < 1.29 is 22.7 Å². The molecular weight excluding hydrogens is 321 g/mol. The van der Waals surface area contributed by atoms with Gasteiger partial charge in [0.05, 0.1) is 5.25 Å². The first kappa shape index (κ1) is 14.4. The molecule has 1 aliphatic carbocycles. The van der Waals surface area contributed by atoms with Gasteiger partial charge in [0, 0.05) is 22.2 Å². The molecule has 1 saturated carbocycles. The minimum absolute atomic E-state index is 0.291. The van der Waals surface area contributed by atoms with Gasteiger partial charge < -0.3 is 9.67 Å². The number of rotatable bonds is 3. The number of fused-ring (bicyclic) bond motifs is 2. The highest BCUT2D eigenvalue weighted by Gasteiger charge is 2.52. The number of carboxylic acid groups (broad SMARTS) is 1. The number of halogens is 1. The van der Waals surface area contributed by atoms with Crippen molar-refractivity contribution in [2.75, 3.05) is 0 Å². The minimum atomic E-state index is -3.36. The maximum atomic E-state index is 13.7. The van der Waals surface area contributed by atoms with E-state index in [-0.39, 0.29) is 6.54 Å². The van der Waals surface area contributed by atoms with Crippen molar-refractivity contribution in [3.8, 4) is 0 Å². The first-order valence-corrected chi connectivity index (χ1v) is 8.85. The maximum absolute atomic E-state index is 13.7. The van der Waals surface area contributed by atoms with Gasteiger partial charge in [0.1, 0.15) is 17.6 Å². The lowest BCUT2D eigenvalue weighted by Crippen LogP contribution is -2.15. The fourth-order valence-electron chi connectivity index (χ4n) is 3.55. The van der Waals surface area contributed by atoms with Crippen molar-refractivity contribution >= 4 is 26.7 Å². The molecule has 0 radical (unpaired) electrons. The Balaban J connectivity index is 2.01. The van der Waals surface area contributed by atoms with Crippen LogP contribution in [0.4, 0.5) is 4.39 Å². The van der Waals surface area contributed by atoms with E-state index in [0.29, 0.717) is 28.6 Å². The number of carboxylic acids is 1. The molecule has 1 N–H and O–H groups in total. The summed E-state index contributed by atoms with van der Waals surface area (Å²) in [5, 5.41) is 8.36. The van der Waals surface area contributed by atoms with Crippen molar-refractivity contribution in [2.45, 2.75) is 30.4 Å². The average Bonchev–Trinajstić information content (AvgIpc) is 3.14. The van der Waals surface area contributed by atoms with Gasteiger partial charge in [-0.1, -0.05) is 11.6 Å². The van der Waals surface area contributed by atoms with E-state index < -0.39 is 32.1 Å². The van der Waals surface area contributed by atoms with Crippen molar-refractivity contribution in [2.24, 2.45) is 0 Å². The SMILES string of the molecule is Cc1c(C2C=C3CC3S2(=O)=O)c2cc(F)ccc2n1CC(=O)O. The second-order valence-electron chi connectivity index (χ2n) is 6.08. The summed E-state index contributed by atoms with van der Waals surface area (Å²) in [7, 11) is -3.36. The fourth-order valence-corrected chi connectivity index (χ4v) is 5.82. The Morgan fingerprint density at radius 1 is 1.43 bits per heavy atom. The highest BCUT2D eigenvalue weighted by molar-refractivity contribution is 7.93. The Bertz CT molecular complexity index is 1000. The molecule has 23 heavy (non-hydrogen) atoms. The van der Waals surface area contributed by atoms with Crippen LogP contribution < -0.4 is 0 Å². The molecule has 2 aliphatic rings. The van der Waals surface area contributed by atoms with Crippen molar-refractivity contribution in [1.29, 1.82) is 0 Å². The van der Waals surface area contributed by atoms with Crippen LogP contribution in [0.3, 0.4) is 0 Å². The molecule has 2 heterocycles. The molecule has 0 spiro atoms. The molecule has 1 aromatic carbocycles. The molecule has 0 amide bonds. The molecule has 1 fully saturated rings. The fraction of sp³-hybridized carbons (Fsp3) is 0.312. The zero-order valence-corrected chi connectivity index (χ0v) is 13.1. The zero-order valence-electron chi connectivity index (χ0n) is 12.3. The summed E-state index contributed by atoms with van der Waals surface area (Å²) in [6.45, 7) is 1.40. The van der Waals surface area contributed by atoms with Crippen LogP contribution in [0.5, 0.6) is 0 Å². The molecule has 1 aliphatic heterocycles. The minimum Gasteiger partial charge on any atom is -0.480 e. The number of aromatic nitrogens is 1. The predicted molar refractivity (Wildman–Crippen MR) is 82.4 cm³/mol. The highest BCUT2D eigenvalue weighted by atomic mass is 32.2. The van der Waals surface area contributed by atoms with E-state index >= 15 is 0 Å². The van der Waals surface area contributed by atoms with E-state index in [0.717, 1.165) is 5.57 Å². The van der Waals surface area contributed by atoms with Crippen LogP contribution in [0.1, 0.15) is 22.9 Å². The second kappa shape index (κ2) is 4.44. The molecule has 0 bridgehead atoms. The van der Waals surface area contributed by atoms with Gasteiger partial charge in [0.25, 0.3) is 0 Å². The van der Waals surface area contributed by atoms with Gasteiger partial charge in [0.2, 0.25) is 0 Å². The summed E-state index contributed by atoms with van der Waals surface area (Å²) in [5.74, 6) is -1.50. The summed E-state index contributed by atoms with van der Waals surface area (Å²) in [6, 6.07) is 4.04. The monoisotopic (exact) mass is 335 g/mol. The van der Waals surface area contributed by atoms with Gasteiger partial charge in [0.15, 0.2) is 9.84 Å². The van der Waals surface area contributed by atoms with Gasteiger partial charge in [-0.05, 0) is 31.5 Å². The summed E-state index contributed by atoms with van der Waals surface area (Å²) in [4.78, 5) is 11.1. The van der Waals surface area contributed by atoms with Crippen molar-refractivity contribution in [3.05, 3.63) is 46.9 Å². The first-order chi connectivity index (χ1) is 10.8. The number of hydrogen-bond donors (Lipinski definition) is 1. The number of carbonyl (C=O) groups is 1. The standard InChI is InChI=1S/C16H14FNO4S/c1-8-16(14-5-9-4-13(9)23(14,21)22)11-6-10(17)2-3-12(11)18(8)7-15(19)20/h2-3,5-6,13-14H,4,7H2,1H3,(H,19,20). The third-order valence-electron chi connectivity index (χ3n) is 4.70. The largest absolute Gasteiger partial charge is 0.480 e. The Morgan fingerprint density at radius 2 is 2.17 bits per heavy atom. The normalized spacial score (nSPS) is 24.5. The number of aliphatic carboxylic acids is 1. The highest BCUT2D eigenvalue weighted by Crippen LogP contribution is 2.52. The molecule has 5 nitrogen and oxygen atoms in total. The number of hydrogen-bond acceptors (Lipinski definition) is 3. The smallest absolute Gasteiger partial charge is 0.323 e. The molecule has 7 heteroatoms. The number of sulfone groups is 1. The molecule has 120 valence electrons. The molecule has 0 saturated heterocycles. The zero-order chi connectivity index (χ0) is 16.5. The second-order valence-corrected chi connectivity index (χ2v) is 8.34. The van der Waals surface area contributed by atoms with Gasteiger partial charge in [-0.2, -0.15) is 0 Å². The van der Waals surface area contributed by atoms with E-state index in [1.54, 1.807) is 13.0 Å². The lowest BCUT2D eigenvalue weighted by Gasteiger charge is -2.12. The molecule has 2 unspecified atom stereocenters. The van der Waals surface area contributed by atoms with Crippen LogP contribution in [-0.4, -0.2) is 29.3 Å². The van der Waals surface area contributed by atoms with Gasteiger partial charge in [-0.15, -0.1) is 0 Å². The van der Waals surface area contributed by atoms with Crippen LogP contribution in [0.2, 0.25) is 0 Å². The van der Waals surface area contributed by atoms with E-state index in [4.69, 9.17) is 5.11 Å². The molecule has 4 rings (SSSR count). The Hall–Kier alpha value is -2.15. The lowest BCUT2D eigenvalue weighted by atomic mass is 10.1. The third-order valence-corrected chi connectivity index (χ3v) is 7.04. The first-order valence-electron chi connectivity index (χ1n) is 7.24. The Kier molecular flexibility index (Phi) is 2.79. The van der Waals surface area contributed by atoms with Crippen LogP contribution in [0.25, 0.3) is 10.9 Å². The van der Waals surface area contributed by atoms with E-state index in [9.17, 15) is 17.6 Å². The van der Waals surface area contributed by atoms with Crippen molar-refractivity contribution in [1.82, 2.24) is 4.57 Å². The van der Waals surface area contributed by atoms with Crippen LogP contribution >= 0.6 is 0 Å². The van der Waals surface area contributed by atoms with Crippen LogP contribution in [0.15, 0.2) is 29.8 Å². The average molecular weight is 335 g/mol. The Labute approximate surface area is 131 Å².